The quantitative estimate of drug-likeness (QED) is 0.223. The molecule has 3 saturated carbocycles. The molecule has 6 N–H and O–H groups in total. The SMILES string of the molecule is OCC1CCC(=C2C=CC(=[OH+])C=C2)CC1.OCC1CCC(c2ccc(O)cc2)CC1.OCC1CCC(c2ccc(O)cc2)CC1. The van der Waals surface area contributed by atoms with Crippen LogP contribution in [0.4, 0.5) is 0 Å². The molecular formula is C39H53O6+. The van der Waals surface area contributed by atoms with Gasteiger partial charge in [0, 0.05) is 32.0 Å². The van der Waals surface area contributed by atoms with Gasteiger partial charge >= 0.3 is 5.78 Å². The lowest BCUT2D eigenvalue weighted by Crippen LogP contribution is -2.15. The van der Waals surface area contributed by atoms with E-state index in [9.17, 15) is 15.0 Å². The molecule has 6 rings (SSSR count). The second-order valence-corrected chi connectivity index (χ2v) is 13.3. The van der Waals surface area contributed by atoms with Crippen LogP contribution < -0.4 is 0 Å². The van der Waals surface area contributed by atoms with Crippen LogP contribution in [0, 0.1) is 17.8 Å². The van der Waals surface area contributed by atoms with E-state index in [1.54, 1.807) is 36.4 Å². The Morgan fingerprint density at radius 2 is 0.844 bits per heavy atom. The van der Waals surface area contributed by atoms with Crippen molar-refractivity contribution >= 4 is 5.78 Å². The molecule has 0 unspecified atom stereocenters. The Labute approximate surface area is 268 Å². The first-order valence-electron chi connectivity index (χ1n) is 16.9. The zero-order valence-electron chi connectivity index (χ0n) is 26.6. The van der Waals surface area contributed by atoms with Crippen LogP contribution >= 0.6 is 0 Å². The Morgan fingerprint density at radius 1 is 0.489 bits per heavy atom. The number of benzene rings is 2. The van der Waals surface area contributed by atoms with Crippen molar-refractivity contribution in [1.29, 1.82) is 0 Å². The number of aliphatic hydroxyl groups is 3. The number of hydrogen-bond donors (Lipinski definition) is 5. The first-order chi connectivity index (χ1) is 21.9. The average Bonchev–Trinajstić information content (AvgIpc) is 3.10. The van der Waals surface area contributed by atoms with E-state index < -0.39 is 0 Å². The van der Waals surface area contributed by atoms with Gasteiger partial charge < -0.3 is 25.5 Å². The van der Waals surface area contributed by atoms with Crippen LogP contribution in [0.15, 0.2) is 84.0 Å². The smallest absolute Gasteiger partial charge is 0.340 e. The highest BCUT2D eigenvalue weighted by Crippen LogP contribution is 2.37. The Balaban J connectivity index is 0.000000154. The summed E-state index contributed by atoms with van der Waals surface area (Å²) < 4.78 is 0. The first-order valence-corrected chi connectivity index (χ1v) is 16.9. The van der Waals surface area contributed by atoms with Crippen LogP contribution in [-0.4, -0.2) is 55.9 Å². The van der Waals surface area contributed by atoms with Gasteiger partial charge in [0.25, 0.3) is 0 Å². The molecule has 45 heavy (non-hydrogen) atoms. The topological polar surface area (TPSA) is 123 Å². The standard InChI is InChI=1S/2C13H18O2.C13H16O2/c3*14-9-10-1-3-11(4-2-10)12-5-7-13(15)8-6-12/h2*5-8,10-11,14-15H,1-4,9H2;5-8,10,14H,1-4,9H2/p+1. The largest absolute Gasteiger partial charge is 0.508 e. The molecule has 0 bridgehead atoms. The van der Waals surface area contributed by atoms with Gasteiger partial charge in [-0.25, -0.2) is 0 Å². The molecule has 244 valence electrons. The third-order valence-electron chi connectivity index (χ3n) is 10.2. The lowest BCUT2D eigenvalue weighted by atomic mass is 9.79. The van der Waals surface area contributed by atoms with Gasteiger partial charge in [-0.2, -0.15) is 0 Å². The summed E-state index contributed by atoms with van der Waals surface area (Å²) in [6.45, 7) is 0.994. The molecule has 0 radical (unpaired) electrons. The number of aliphatic hydroxyl groups excluding tert-OH is 3. The van der Waals surface area contributed by atoms with Gasteiger partial charge in [0.1, 0.15) is 11.5 Å². The maximum atomic E-state index is 9.20. The van der Waals surface area contributed by atoms with E-state index >= 15 is 0 Å². The summed E-state index contributed by atoms with van der Waals surface area (Å²) in [6, 6.07) is 15.1. The highest BCUT2D eigenvalue weighted by atomic mass is 16.3. The molecular weight excluding hydrogens is 564 g/mol. The second kappa shape index (κ2) is 18.1. The Morgan fingerprint density at radius 3 is 1.20 bits per heavy atom. The Kier molecular flexibility index (Phi) is 13.9. The first kappa shape index (κ1) is 34.7. The average molecular weight is 618 g/mol. The van der Waals surface area contributed by atoms with Gasteiger partial charge in [-0.3, -0.25) is 4.79 Å². The van der Waals surface area contributed by atoms with Crippen molar-refractivity contribution < 1.29 is 30.3 Å². The van der Waals surface area contributed by atoms with Gasteiger partial charge in [0.05, 0.1) is 0 Å². The summed E-state index contributed by atoms with van der Waals surface area (Å²) in [5.74, 6) is 3.75. The van der Waals surface area contributed by atoms with E-state index in [4.69, 9.17) is 15.3 Å². The lowest BCUT2D eigenvalue weighted by molar-refractivity contribution is 0.182. The van der Waals surface area contributed by atoms with Crippen LogP contribution in [0.3, 0.4) is 0 Å². The van der Waals surface area contributed by atoms with E-state index in [2.05, 4.69) is 0 Å². The number of hydrogen-bond acceptors (Lipinski definition) is 5. The van der Waals surface area contributed by atoms with Gasteiger partial charge in [0.2, 0.25) is 0 Å². The normalized spacial score (nSPS) is 26.4. The highest BCUT2D eigenvalue weighted by molar-refractivity contribution is 6.02. The van der Waals surface area contributed by atoms with Gasteiger partial charge in [-0.05, 0) is 160 Å². The molecule has 2 aromatic rings. The molecule has 0 amide bonds. The number of carbonyl (C=O) groups excluding carboxylic acids is 1. The van der Waals surface area contributed by atoms with Crippen LogP contribution in [-0.2, 0) is 0 Å². The molecule has 0 saturated heterocycles. The third-order valence-corrected chi connectivity index (χ3v) is 10.2. The molecule has 6 nitrogen and oxygen atoms in total. The van der Waals surface area contributed by atoms with E-state index in [1.807, 2.05) is 36.4 Å². The lowest BCUT2D eigenvalue weighted by Gasteiger charge is -2.27. The number of ketones is 1. The maximum Gasteiger partial charge on any atom is 0.340 e. The Hall–Kier alpha value is -3.19. The Bertz CT molecular complexity index is 1170. The van der Waals surface area contributed by atoms with Crippen LogP contribution in [0.25, 0.3) is 0 Å². The van der Waals surface area contributed by atoms with E-state index in [0.717, 1.165) is 77.0 Å². The molecule has 0 aromatic heterocycles. The summed E-state index contributed by atoms with van der Waals surface area (Å²) in [5, 5.41) is 45.5. The number of phenolic OH excluding ortho intramolecular Hbond substituents is 2. The summed E-state index contributed by atoms with van der Waals surface area (Å²) in [6.07, 6.45) is 20.9. The molecule has 6 heteroatoms. The molecule has 4 aliphatic rings. The number of allylic oxidation sites excluding steroid dienone is 6. The van der Waals surface area contributed by atoms with Crippen molar-refractivity contribution in [2.24, 2.45) is 17.8 Å². The predicted octanol–water partition coefficient (Wildman–Crippen LogP) is 7.45. The number of aromatic hydroxyl groups is 2. The minimum Gasteiger partial charge on any atom is -0.508 e. The van der Waals surface area contributed by atoms with Crippen LogP contribution in [0.2, 0.25) is 0 Å². The van der Waals surface area contributed by atoms with Gasteiger partial charge in [0.15, 0.2) is 0 Å². The molecule has 0 atom stereocenters. The fraction of sp³-hybridized carbons (Fsp3) is 0.513. The fourth-order valence-corrected chi connectivity index (χ4v) is 7.04. The number of phenols is 2. The monoisotopic (exact) mass is 617 g/mol. The predicted molar refractivity (Wildman–Crippen MR) is 181 cm³/mol. The van der Waals surface area contributed by atoms with Crippen LogP contribution in [0.1, 0.15) is 100 Å². The molecule has 0 aliphatic heterocycles. The zero-order chi connectivity index (χ0) is 32.0. The van der Waals surface area contributed by atoms with E-state index in [-0.39, 0.29) is 0 Å². The summed E-state index contributed by atoms with van der Waals surface area (Å²) in [4.78, 5) is 9.19. The van der Waals surface area contributed by atoms with E-state index in [1.165, 1.54) is 22.3 Å². The van der Waals surface area contributed by atoms with Crippen molar-refractivity contribution in [3.63, 3.8) is 0 Å². The van der Waals surface area contributed by atoms with Crippen molar-refractivity contribution in [3.05, 3.63) is 95.1 Å². The second-order valence-electron chi connectivity index (χ2n) is 13.3. The zero-order valence-corrected chi connectivity index (χ0v) is 26.6. The third kappa shape index (κ3) is 11.0. The molecule has 4 aliphatic carbocycles. The van der Waals surface area contributed by atoms with Gasteiger partial charge in [-0.1, -0.05) is 29.8 Å². The summed E-state index contributed by atoms with van der Waals surface area (Å²) in [7, 11) is 0. The van der Waals surface area contributed by atoms with Crippen molar-refractivity contribution in [3.8, 4) is 11.5 Å². The maximum absolute atomic E-state index is 9.20. The number of rotatable bonds is 5. The minimum atomic E-state index is 0.322. The fourth-order valence-electron chi connectivity index (χ4n) is 7.04. The molecule has 0 heterocycles. The van der Waals surface area contributed by atoms with Gasteiger partial charge in [-0.15, -0.1) is 0 Å². The van der Waals surface area contributed by atoms with Crippen molar-refractivity contribution in [1.82, 2.24) is 0 Å². The van der Waals surface area contributed by atoms with E-state index in [0.29, 0.717) is 66.7 Å². The minimum absolute atomic E-state index is 0.322. The van der Waals surface area contributed by atoms with Crippen LogP contribution in [0.5, 0.6) is 11.5 Å². The molecule has 0 spiro atoms. The molecule has 3 fully saturated rings. The highest BCUT2D eigenvalue weighted by Gasteiger charge is 2.23. The van der Waals surface area contributed by atoms with Crippen molar-refractivity contribution in [2.45, 2.75) is 88.9 Å². The molecule has 2 aromatic carbocycles. The van der Waals surface area contributed by atoms with Crippen molar-refractivity contribution in [2.75, 3.05) is 19.8 Å². The summed E-state index contributed by atoms with van der Waals surface area (Å²) in [5.41, 5.74) is 5.34. The summed E-state index contributed by atoms with van der Waals surface area (Å²) >= 11 is 0.